The van der Waals surface area contributed by atoms with Crippen molar-refractivity contribution in [1.29, 1.82) is 0 Å². The minimum Gasteiger partial charge on any atom is -0.357 e. The lowest BCUT2D eigenvalue weighted by atomic mass is 9.99. The van der Waals surface area contributed by atoms with Crippen LogP contribution >= 0.6 is 11.6 Å². The molecular weight excluding hydrogens is 308 g/mol. The Balaban J connectivity index is 1.80. The highest BCUT2D eigenvalue weighted by molar-refractivity contribution is 6.31. The quantitative estimate of drug-likeness (QED) is 0.620. The third-order valence-electron chi connectivity index (χ3n) is 4.22. The van der Waals surface area contributed by atoms with Crippen LogP contribution in [0.25, 0.3) is 0 Å². The molecule has 1 aliphatic rings. The first-order chi connectivity index (χ1) is 11.2. The molecule has 0 spiro atoms. The molecule has 1 unspecified atom stereocenters. The van der Waals surface area contributed by atoms with Crippen LogP contribution in [0.4, 0.5) is 0 Å². The Morgan fingerprint density at radius 3 is 2.91 bits per heavy atom. The van der Waals surface area contributed by atoms with Gasteiger partial charge in [-0.05, 0) is 57.3 Å². The standard InChI is InChI=1S/C18H29ClN4/c1-3-20-18(22-13-15-7-6-12-23(2)14-15)21-11-10-16-8-4-5-9-17(16)19/h4-5,8-9,15H,3,6-7,10-14H2,1-2H3,(H2,20,21,22). The monoisotopic (exact) mass is 336 g/mol. The van der Waals surface area contributed by atoms with Crippen molar-refractivity contribution in [2.24, 2.45) is 10.9 Å². The van der Waals surface area contributed by atoms with Crippen LogP contribution in [-0.2, 0) is 6.42 Å². The highest BCUT2D eigenvalue weighted by Crippen LogP contribution is 2.15. The summed E-state index contributed by atoms with van der Waals surface area (Å²) in [6.07, 6.45) is 3.47. The van der Waals surface area contributed by atoms with Crippen molar-refractivity contribution < 1.29 is 0 Å². The van der Waals surface area contributed by atoms with Gasteiger partial charge in [0.2, 0.25) is 0 Å². The Kier molecular flexibility index (Phi) is 7.69. The minimum atomic E-state index is 0.674. The number of likely N-dealkylation sites (tertiary alicyclic amines) is 1. The number of hydrogen-bond donors (Lipinski definition) is 2. The average molecular weight is 337 g/mol. The largest absolute Gasteiger partial charge is 0.357 e. The van der Waals surface area contributed by atoms with Gasteiger partial charge < -0.3 is 15.5 Å². The molecule has 0 aliphatic carbocycles. The van der Waals surface area contributed by atoms with E-state index in [1.165, 1.54) is 24.9 Å². The molecule has 2 N–H and O–H groups in total. The highest BCUT2D eigenvalue weighted by Gasteiger charge is 2.16. The van der Waals surface area contributed by atoms with Crippen molar-refractivity contribution in [1.82, 2.24) is 15.5 Å². The number of nitrogens with one attached hydrogen (secondary N) is 2. The molecular formula is C18H29ClN4. The number of guanidine groups is 1. The summed E-state index contributed by atoms with van der Waals surface area (Å²) >= 11 is 6.20. The number of aliphatic imine (C=N–C) groups is 1. The van der Waals surface area contributed by atoms with Crippen LogP contribution in [0.2, 0.25) is 5.02 Å². The number of rotatable bonds is 6. The molecule has 1 aliphatic heterocycles. The van der Waals surface area contributed by atoms with Gasteiger partial charge in [-0.2, -0.15) is 0 Å². The highest BCUT2D eigenvalue weighted by atomic mass is 35.5. The van der Waals surface area contributed by atoms with E-state index in [-0.39, 0.29) is 0 Å². The smallest absolute Gasteiger partial charge is 0.191 e. The van der Waals surface area contributed by atoms with E-state index in [1.807, 2.05) is 18.2 Å². The summed E-state index contributed by atoms with van der Waals surface area (Å²) in [6, 6.07) is 8.01. The van der Waals surface area contributed by atoms with Crippen molar-refractivity contribution >= 4 is 17.6 Å². The van der Waals surface area contributed by atoms with Crippen LogP contribution in [0.15, 0.2) is 29.3 Å². The number of halogens is 1. The Bertz CT molecular complexity index is 504. The zero-order chi connectivity index (χ0) is 16.5. The summed E-state index contributed by atoms with van der Waals surface area (Å²) in [5.74, 6) is 1.58. The van der Waals surface area contributed by atoms with Gasteiger partial charge in [-0.1, -0.05) is 29.8 Å². The van der Waals surface area contributed by atoms with Gasteiger partial charge in [0.15, 0.2) is 5.96 Å². The Morgan fingerprint density at radius 1 is 1.35 bits per heavy atom. The third kappa shape index (κ3) is 6.40. The van der Waals surface area contributed by atoms with Crippen molar-refractivity contribution in [3.63, 3.8) is 0 Å². The van der Waals surface area contributed by atoms with Crippen molar-refractivity contribution in [3.8, 4) is 0 Å². The van der Waals surface area contributed by atoms with E-state index in [1.54, 1.807) is 0 Å². The summed E-state index contributed by atoms with van der Waals surface area (Å²) in [4.78, 5) is 7.16. The fourth-order valence-electron chi connectivity index (χ4n) is 3.00. The molecule has 0 radical (unpaired) electrons. The maximum absolute atomic E-state index is 6.20. The van der Waals surface area contributed by atoms with Gasteiger partial charge in [0.25, 0.3) is 0 Å². The maximum Gasteiger partial charge on any atom is 0.191 e. The Labute approximate surface area is 145 Å². The number of hydrogen-bond acceptors (Lipinski definition) is 2. The average Bonchev–Trinajstić information content (AvgIpc) is 2.54. The van der Waals surface area contributed by atoms with Crippen LogP contribution in [0, 0.1) is 5.92 Å². The van der Waals surface area contributed by atoms with Gasteiger partial charge >= 0.3 is 0 Å². The van der Waals surface area contributed by atoms with Crippen molar-refractivity contribution in [2.75, 3.05) is 39.8 Å². The van der Waals surface area contributed by atoms with Crippen LogP contribution in [0.5, 0.6) is 0 Å². The second-order valence-corrected chi connectivity index (χ2v) is 6.67. The van der Waals surface area contributed by atoms with E-state index in [0.717, 1.165) is 43.6 Å². The molecule has 4 nitrogen and oxygen atoms in total. The summed E-state index contributed by atoms with van der Waals surface area (Å²) in [5.41, 5.74) is 1.17. The zero-order valence-electron chi connectivity index (χ0n) is 14.3. The Hall–Kier alpha value is -1.26. The molecule has 1 saturated heterocycles. The van der Waals surface area contributed by atoms with E-state index < -0.39 is 0 Å². The molecule has 1 fully saturated rings. The molecule has 0 aromatic heterocycles. The molecule has 5 heteroatoms. The summed E-state index contributed by atoms with van der Waals surface area (Å²) in [6.45, 7) is 7.08. The van der Waals surface area contributed by atoms with Gasteiger partial charge in [-0.3, -0.25) is 4.99 Å². The van der Waals surface area contributed by atoms with E-state index in [0.29, 0.717) is 5.92 Å². The summed E-state index contributed by atoms with van der Waals surface area (Å²) in [7, 11) is 2.20. The second kappa shape index (κ2) is 9.78. The molecule has 23 heavy (non-hydrogen) atoms. The molecule has 1 heterocycles. The predicted octanol–water partition coefficient (Wildman–Crippen LogP) is 2.78. The molecule has 128 valence electrons. The van der Waals surface area contributed by atoms with Crippen LogP contribution in [0.1, 0.15) is 25.3 Å². The first-order valence-corrected chi connectivity index (χ1v) is 9.01. The molecule has 0 saturated carbocycles. The SMILES string of the molecule is CCNC(=NCC1CCCN(C)C1)NCCc1ccccc1Cl. The second-order valence-electron chi connectivity index (χ2n) is 6.26. The maximum atomic E-state index is 6.20. The molecule has 1 aromatic rings. The fraction of sp³-hybridized carbons (Fsp3) is 0.611. The first-order valence-electron chi connectivity index (χ1n) is 8.63. The lowest BCUT2D eigenvalue weighted by molar-refractivity contribution is 0.214. The first kappa shape index (κ1) is 18.1. The number of nitrogens with zero attached hydrogens (tertiary/aromatic N) is 2. The van der Waals surface area contributed by atoms with Gasteiger partial charge in [0.05, 0.1) is 0 Å². The van der Waals surface area contributed by atoms with E-state index >= 15 is 0 Å². The van der Waals surface area contributed by atoms with E-state index in [2.05, 4.69) is 35.6 Å². The minimum absolute atomic E-state index is 0.674. The summed E-state index contributed by atoms with van der Waals surface area (Å²) < 4.78 is 0. The van der Waals surface area contributed by atoms with Gasteiger partial charge in [0.1, 0.15) is 0 Å². The lowest BCUT2D eigenvalue weighted by Gasteiger charge is -2.28. The van der Waals surface area contributed by atoms with Gasteiger partial charge in [-0.25, -0.2) is 0 Å². The number of benzene rings is 1. The topological polar surface area (TPSA) is 39.7 Å². The normalized spacial score (nSPS) is 19.6. The van der Waals surface area contributed by atoms with Gasteiger partial charge in [0, 0.05) is 31.2 Å². The van der Waals surface area contributed by atoms with Crippen LogP contribution in [-0.4, -0.2) is 50.6 Å². The lowest BCUT2D eigenvalue weighted by Crippen LogP contribution is -2.39. The van der Waals surface area contributed by atoms with E-state index in [9.17, 15) is 0 Å². The Morgan fingerprint density at radius 2 is 2.17 bits per heavy atom. The van der Waals surface area contributed by atoms with Crippen LogP contribution < -0.4 is 10.6 Å². The molecule has 1 aromatic carbocycles. The van der Waals surface area contributed by atoms with Crippen molar-refractivity contribution in [2.45, 2.75) is 26.2 Å². The van der Waals surface area contributed by atoms with E-state index in [4.69, 9.17) is 16.6 Å². The molecule has 0 bridgehead atoms. The molecule has 1 atom stereocenters. The summed E-state index contributed by atoms with van der Waals surface area (Å²) in [5, 5.41) is 7.58. The zero-order valence-corrected chi connectivity index (χ0v) is 15.1. The third-order valence-corrected chi connectivity index (χ3v) is 4.59. The predicted molar refractivity (Wildman–Crippen MR) is 99.4 cm³/mol. The fourth-order valence-corrected chi connectivity index (χ4v) is 3.23. The van der Waals surface area contributed by atoms with Crippen molar-refractivity contribution in [3.05, 3.63) is 34.9 Å². The molecule has 0 amide bonds. The van der Waals surface area contributed by atoms with Gasteiger partial charge in [-0.15, -0.1) is 0 Å². The molecule has 2 rings (SSSR count). The van der Waals surface area contributed by atoms with Crippen LogP contribution in [0.3, 0.4) is 0 Å². The number of piperidine rings is 1.